The molecule has 3 aromatic rings. The summed E-state index contributed by atoms with van der Waals surface area (Å²) < 4.78 is 11.4. The fraction of sp³-hybridized carbons (Fsp3) is 0.182. The third kappa shape index (κ3) is 4.93. The van der Waals surface area contributed by atoms with E-state index >= 15 is 0 Å². The number of benzene rings is 3. The molecule has 0 aliphatic rings. The summed E-state index contributed by atoms with van der Waals surface area (Å²) in [7, 11) is 1.66. The molecule has 0 unspecified atom stereocenters. The zero-order chi connectivity index (χ0) is 18.4. The van der Waals surface area contributed by atoms with Crippen molar-refractivity contribution in [1.29, 1.82) is 0 Å². The highest BCUT2D eigenvalue weighted by atomic mass is 35.5. The molecule has 0 aliphatic carbocycles. The summed E-state index contributed by atoms with van der Waals surface area (Å²) in [6, 6.07) is 21.9. The Bertz CT molecular complexity index is 862. The maximum atomic E-state index is 5.94. The minimum absolute atomic E-state index is 0.514. The number of aryl methyl sites for hydroxylation is 1. The van der Waals surface area contributed by atoms with Gasteiger partial charge in [0.2, 0.25) is 0 Å². The normalized spacial score (nSPS) is 10.4. The lowest BCUT2D eigenvalue weighted by Gasteiger charge is -2.13. The predicted molar refractivity (Wildman–Crippen MR) is 107 cm³/mol. The second-order valence-corrected chi connectivity index (χ2v) is 6.56. The molecule has 0 fully saturated rings. The SMILES string of the molecule is COc1cc(CNc2ccc(Cl)cc2)ccc1OCc1cccc(C)c1. The van der Waals surface area contributed by atoms with Crippen molar-refractivity contribution in [3.8, 4) is 11.5 Å². The second kappa shape index (κ2) is 8.63. The Morgan fingerprint density at radius 2 is 1.69 bits per heavy atom. The summed E-state index contributed by atoms with van der Waals surface area (Å²) in [6.07, 6.45) is 0. The molecule has 0 heterocycles. The van der Waals surface area contributed by atoms with Crippen molar-refractivity contribution in [2.45, 2.75) is 20.1 Å². The zero-order valence-corrected chi connectivity index (χ0v) is 15.7. The molecule has 1 N–H and O–H groups in total. The van der Waals surface area contributed by atoms with Crippen LogP contribution in [0.2, 0.25) is 5.02 Å². The number of halogens is 1. The van der Waals surface area contributed by atoms with Gasteiger partial charge in [-0.05, 0) is 54.4 Å². The lowest BCUT2D eigenvalue weighted by Crippen LogP contribution is -2.02. The van der Waals surface area contributed by atoms with Crippen molar-refractivity contribution in [1.82, 2.24) is 0 Å². The van der Waals surface area contributed by atoms with Crippen LogP contribution in [0.15, 0.2) is 66.7 Å². The van der Waals surface area contributed by atoms with E-state index in [0.717, 1.165) is 33.3 Å². The Labute approximate surface area is 159 Å². The number of nitrogens with one attached hydrogen (secondary N) is 1. The average molecular weight is 368 g/mol. The zero-order valence-electron chi connectivity index (χ0n) is 15.0. The minimum atomic E-state index is 0.514. The Balaban J connectivity index is 1.64. The van der Waals surface area contributed by atoms with Crippen LogP contribution < -0.4 is 14.8 Å². The van der Waals surface area contributed by atoms with E-state index in [2.05, 4.69) is 30.4 Å². The molecule has 3 nitrogen and oxygen atoms in total. The van der Waals surface area contributed by atoms with Gasteiger partial charge in [0.05, 0.1) is 7.11 Å². The van der Waals surface area contributed by atoms with E-state index in [1.54, 1.807) is 7.11 Å². The van der Waals surface area contributed by atoms with Gasteiger partial charge < -0.3 is 14.8 Å². The molecule has 0 atom stereocenters. The molecule has 134 valence electrons. The smallest absolute Gasteiger partial charge is 0.161 e. The predicted octanol–water partition coefficient (Wildman–Crippen LogP) is 5.85. The summed E-state index contributed by atoms with van der Waals surface area (Å²) in [6.45, 7) is 3.28. The van der Waals surface area contributed by atoms with Gasteiger partial charge in [0.25, 0.3) is 0 Å². The van der Waals surface area contributed by atoms with Gasteiger partial charge in [0.1, 0.15) is 6.61 Å². The molecular weight excluding hydrogens is 346 g/mol. The van der Waals surface area contributed by atoms with Gasteiger partial charge in [-0.25, -0.2) is 0 Å². The average Bonchev–Trinajstić information content (AvgIpc) is 2.66. The van der Waals surface area contributed by atoms with Crippen LogP contribution in [0, 0.1) is 6.92 Å². The maximum Gasteiger partial charge on any atom is 0.161 e. The highest BCUT2D eigenvalue weighted by molar-refractivity contribution is 6.30. The molecule has 0 spiro atoms. The van der Waals surface area contributed by atoms with E-state index in [4.69, 9.17) is 21.1 Å². The second-order valence-electron chi connectivity index (χ2n) is 6.12. The van der Waals surface area contributed by atoms with Gasteiger partial charge in [-0.15, -0.1) is 0 Å². The quantitative estimate of drug-likeness (QED) is 0.568. The number of anilines is 1. The molecule has 0 radical (unpaired) electrons. The molecule has 0 aromatic heterocycles. The van der Waals surface area contributed by atoms with Gasteiger partial charge in [-0.1, -0.05) is 47.5 Å². The van der Waals surface area contributed by atoms with Crippen LogP contribution in [-0.4, -0.2) is 7.11 Å². The molecule has 0 aliphatic heterocycles. The van der Waals surface area contributed by atoms with E-state index in [0.29, 0.717) is 13.2 Å². The van der Waals surface area contributed by atoms with E-state index in [9.17, 15) is 0 Å². The van der Waals surface area contributed by atoms with E-state index in [1.165, 1.54) is 5.56 Å². The van der Waals surface area contributed by atoms with Crippen molar-refractivity contribution in [3.05, 3.63) is 88.4 Å². The fourth-order valence-corrected chi connectivity index (χ4v) is 2.80. The number of ether oxygens (including phenoxy) is 2. The standard InChI is InChI=1S/C22H22ClNO2/c1-16-4-3-5-18(12-16)15-26-21-11-6-17(13-22(21)25-2)14-24-20-9-7-19(23)8-10-20/h3-13,24H,14-15H2,1-2H3. The Morgan fingerprint density at radius 3 is 2.42 bits per heavy atom. The van der Waals surface area contributed by atoms with Crippen LogP contribution in [0.3, 0.4) is 0 Å². The van der Waals surface area contributed by atoms with Crippen LogP contribution in [0.4, 0.5) is 5.69 Å². The number of methoxy groups -OCH3 is 1. The summed E-state index contributed by atoms with van der Waals surface area (Å²) in [4.78, 5) is 0. The van der Waals surface area contributed by atoms with E-state index in [-0.39, 0.29) is 0 Å². The largest absolute Gasteiger partial charge is 0.493 e. The van der Waals surface area contributed by atoms with Crippen LogP contribution in [0.5, 0.6) is 11.5 Å². The topological polar surface area (TPSA) is 30.5 Å². The van der Waals surface area contributed by atoms with Gasteiger partial charge in [0.15, 0.2) is 11.5 Å². The van der Waals surface area contributed by atoms with Crippen molar-refractivity contribution in [3.63, 3.8) is 0 Å². The summed E-state index contributed by atoms with van der Waals surface area (Å²) in [5.41, 5.74) is 4.50. The monoisotopic (exact) mass is 367 g/mol. The lowest BCUT2D eigenvalue weighted by molar-refractivity contribution is 0.284. The van der Waals surface area contributed by atoms with Crippen LogP contribution in [-0.2, 0) is 13.2 Å². The molecule has 0 bridgehead atoms. The Morgan fingerprint density at radius 1 is 0.885 bits per heavy atom. The fourth-order valence-electron chi connectivity index (χ4n) is 2.68. The number of rotatable bonds is 7. The molecular formula is C22H22ClNO2. The lowest BCUT2D eigenvalue weighted by atomic mass is 10.1. The first-order valence-corrected chi connectivity index (χ1v) is 8.86. The summed E-state index contributed by atoms with van der Waals surface area (Å²) >= 11 is 5.91. The number of hydrogen-bond acceptors (Lipinski definition) is 3. The van der Waals surface area contributed by atoms with Crippen LogP contribution in [0.1, 0.15) is 16.7 Å². The minimum Gasteiger partial charge on any atom is -0.493 e. The van der Waals surface area contributed by atoms with Gasteiger partial charge >= 0.3 is 0 Å². The van der Waals surface area contributed by atoms with Gasteiger partial charge in [0, 0.05) is 17.3 Å². The third-order valence-corrected chi connectivity index (χ3v) is 4.30. The molecule has 0 saturated heterocycles. The maximum absolute atomic E-state index is 5.94. The van der Waals surface area contributed by atoms with Crippen molar-refractivity contribution in [2.24, 2.45) is 0 Å². The highest BCUT2D eigenvalue weighted by Crippen LogP contribution is 2.29. The van der Waals surface area contributed by atoms with Crippen LogP contribution >= 0.6 is 11.6 Å². The molecule has 0 amide bonds. The van der Waals surface area contributed by atoms with Crippen molar-refractivity contribution < 1.29 is 9.47 Å². The summed E-state index contributed by atoms with van der Waals surface area (Å²) in [5.74, 6) is 1.47. The molecule has 0 saturated carbocycles. The van der Waals surface area contributed by atoms with Gasteiger partial charge in [-0.3, -0.25) is 0 Å². The van der Waals surface area contributed by atoms with E-state index < -0.39 is 0 Å². The molecule has 3 rings (SSSR count). The third-order valence-electron chi connectivity index (χ3n) is 4.05. The Hall–Kier alpha value is -2.65. The van der Waals surface area contributed by atoms with Crippen molar-refractivity contribution in [2.75, 3.05) is 12.4 Å². The molecule has 3 aromatic carbocycles. The van der Waals surface area contributed by atoms with E-state index in [1.807, 2.05) is 48.5 Å². The molecule has 26 heavy (non-hydrogen) atoms. The highest BCUT2D eigenvalue weighted by Gasteiger charge is 2.07. The first kappa shape index (κ1) is 18.2. The summed E-state index contributed by atoms with van der Waals surface area (Å²) in [5, 5.41) is 4.10. The number of hydrogen-bond donors (Lipinski definition) is 1. The van der Waals surface area contributed by atoms with Crippen molar-refractivity contribution >= 4 is 17.3 Å². The first-order valence-electron chi connectivity index (χ1n) is 8.49. The molecule has 4 heteroatoms. The van der Waals surface area contributed by atoms with Crippen LogP contribution in [0.25, 0.3) is 0 Å². The Kier molecular flexibility index (Phi) is 6.03. The first-order chi connectivity index (χ1) is 12.6. The van der Waals surface area contributed by atoms with Gasteiger partial charge in [-0.2, -0.15) is 0 Å².